The van der Waals surface area contributed by atoms with Gasteiger partial charge in [0, 0.05) is 16.2 Å². The Hall–Kier alpha value is -1.59. The second kappa shape index (κ2) is 5.81. The van der Waals surface area contributed by atoms with Gasteiger partial charge in [0.1, 0.15) is 18.2 Å². The highest BCUT2D eigenvalue weighted by Crippen LogP contribution is 2.24. The Labute approximate surface area is 121 Å². The van der Waals surface area contributed by atoms with Gasteiger partial charge >= 0.3 is 0 Å². The third-order valence-electron chi connectivity index (χ3n) is 2.77. The van der Waals surface area contributed by atoms with Crippen LogP contribution in [0.2, 0.25) is 0 Å². The van der Waals surface area contributed by atoms with Crippen molar-refractivity contribution in [2.75, 3.05) is 0 Å². The van der Waals surface area contributed by atoms with Gasteiger partial charge in [0.25, 0.3) is 9.05 Å². The molecule has 0 spiro atoms. The van der Waals surface area contributed by atoms with E-state index in [0.717, 1.165) is 0 Å². The molecule has 0 atom stereocenters. The average Bonchev–Trinajstić information content (AvgIpc) is 2.38. The van der Waals surface area contributed by atoms with Crippen LogP contribution in [0.25, 0.3) is 0 Å². The van der Waals surface area contributed by atoms with E-state index in [2.05, 4.69) is 0 Å². The predicted octanol–water partition coefficient (Wildman–Crippen LogP) is 3.64. The van der Waals surface area contributed by atoms with Crippen LogP contribution < -0.4 is 4.74 Å². The zero-order valence-corrected chi connectivity index (χ0v) is 12.2. The maximum atomic E-state index is 13.4. The largest absolute Gasteiger partial charge is 0.489 e. The molecule has 0 radical (unpaired) electrons. The first-order chi connectivity index (χ1) is 9.38. The number of aryl methyl sites for hydroxylation is 1. The molecule has 0 fully saturated rings. The van der Waals surface area contributed by atoms with Crippen molar-refractivity contribution in [1.29, 1.82) is 0 Å². The van der Waals surface area contributed by atoms with Crippen molar-refractivity contribution in [2.24, 2.45) is 0 Å². The lowest BCUT2D eigenvalue weighted by molar-refractivity contribution is 0.297. The van der Waals surface area contributed by atoms with Crippen molar-refractivity contribution >= 4 is 19.7 Å². The molecule has 0 amide bonds. The Morgan fingerprint density at radius 1 is 1.20 bits per heavy atom. The molecular weight excluding hydrogens is 303 g/mol. The third-order valence-corrected chi connectivity index (χ3v) is 4.12. The quantitative estimate of drug-likeness (QED) is 0.809. The molecule has 2 aromatic rings. The van der Waals surface area contributed by atoms with Gasteiger partial charge in [-0.25, -0.2) is 12.8 Å². The van der Waals surface area contributed by atoms with E-state index in [1.165, 1.54) is 24.3 Å². The van der Waals surface area contributed by atoms with Crippen molar-refractivity contribution in [3.63, 3.8) is 0 Å². The van der Waals surface area contributed by atoms with E-state index in [4.69, 9.17) is 15.4 Å². The zero-order valence-electron chi connectivity index (χ0n) is 10.6. The van der Waals surface area contributed by atoms with Crippen molar-refractivity contribution in [3.8, 4) is 5.75 Å². The fraction of sp³-hybridized carbons (Fsp3) is 0.143. The van der Waals surface area contributed by atoms with Crippen LogP contribution in [0.15, 0.2) is 47.4 Å². The van der Waals surface area contributed by atoms with E-state index in [1.54, 1.807) is 25.1 Å². The van der Waals surface area contributed by atoms with Crippen LogP contribution in [-0.2, 0) is 15.7 Å². The Morgan fingerprint density at radius 3 is 2.50 bits per heavy atom. The Balaban J connectivity index is 2.17. The topological polar surface area (TPSA) is 43.4 Å². The summed E-state index contributed by atoms with van der Waals surface area (Å²) in [5, 5.41) is 0. The van der Waals surface area contributed by atoms with Gasteiger partial charge in [-0.05, 0) is 36.8 Å². The Morgan fingerprint density at radius 2 is 1.90 bits per heavy atom. The first-order valence-electron chi connectivity index (χ1n) is 5.79. The van der Waals surface area contributed by atoms with Crippen molar-refractivity contribution < 1.29 is 17.5 Å². The molecule has 0 bridgehead atoms. The van der Waals surface area contributed by atoms with Crippen LogP contribution in [-0.4, -0.2) is 8.42 Å². The summed E-state index contributed by atoms with van der Waals surface area (Å²) in [7, 11) is 1.50. The minimum absolute atomic E-state index is 0.00917. The van der Waals surface area contributed by atoms with Gasteiger partial charge in [0.2, 0.25) is 0 Å². The predicted molar refractivity (Wildman–Crippen MR) is 74.9 cm³/mol. The van der Waals surface area contributed by atoms with E-state index in [1.807, 2.05) is 0 Å². The van der Waals surface area contributed by atoms with Gasteiger partial charge in [0.05, 0.1) is 4.90 Å². The van der Waals surface area contributed by atoms with E-state index in [-0.39, 0.29) is 17.3 Å². The molecule has 0 aliphatic rings. The van der Waals surface area contributed by atoms with Gasteiger partial charge in [0.15, 0.2) is 0 Å². The van der Waals surface area contributed by atoms with Crippen LogP contribution in [0.1, 0.15) is 11.1 Å². The second-order valence-electron chi connectivity index (χ2n) is 4.25. The van der Waals surface area contributed by atoms with Crippen LogP contribution in [0.5, 0.6) is 5.75 Å². The second-order valence-corrected chi connectivity index (χ2v) is 6.81. The molecule has 0 N–H and O–H groups in total. The molecule has 0 saturated heterocycles. The van der Waals surface area contributed by atoms with E-state index in [0.29, 0.717) is 16.9 Å². The van der Waals surface area contributed by atoms with Crippen LogP contribution in [0, 0.1) is 12.7 Å². The fourth-order valence-electron chi connectivity index (χ4n) is 1.71. The standard InChI is InChI=1S/C14H12ClFO3S/c1-10-8-12(20(15,17)18)6-7-14(10)19-9-11-4-2-3-5-13(11)16/h2-8H,9H2,1H3. The van der Waals surface area contributed by atoms with Crippen LogP contribution in [0.4, 0.5) is 4.39 Å². The lowest BCUT2D eigenvalue weighted by Gasteiger charge is -2.10. The molecule has 0 heterocycles. The van der Waals surface area contributed by atoms with Crippen molar-refractivity contribution in [1.82, 2.24) is 0 Å². The molecule has 106 valence electrons. The third kappa shape index (κ3) is 3.49. The first-order valence-corrected chi connectivity index (χ1v) is 8.10. The smallest absolute Gasteiger partial charge is 0.261 e. The molecule has 0 saturated carbocycles. The summed E-state index contributed by atoms with van der Waals surface area (Å²) in [5.74, 6) is 0.141. The molecule has 2 rings (SSSR count). The molecule has 20 heavy (non-hydrogen) atoms. The molecule has 0 aromatic heterocycles. The molecule has 2 aromatic carbocycles. The summed E-state index contributed by atoms with van der Waals surface area (Å²) >= 11 is 0. The van der Waals surface area contributed by atoms with E-state index in [9.17, 15) is 12.8 Å². The summed E-state index contributed by atoms with van der Waals surface area (Å²) in [6, 6.07) is 10.6. The summed E-state index contributed by atoms with van der Waals surface area (Å²) in [5.41, 5.74) is 1.05. The number of rotatable bonds is 4. The normalized spacial score (nSPS) is 11.3. The summed E-state index contributed by atoms with van der Waals surface area (Å²) in [4.78, 5) is 0.00917. The van der Waals surface area contributed by atoms with Gasteiger partial charge in [-0.15, -0.1) is 0 Å². The molecule has 0 unspecified atom stereocenters. The maximum Gasteiger partial charge on any atom is 0.261 e. The van der Waals surface area contributed by atoms with E-state index < -0.39 is 9.05 Å². The molecule has 0 aliphatic carbocycles. The average molecular weight is 315 g/mol. The molecular formula is C14H12ClFO3S. The monoisotopic (exact) mass is 314 g/mol. The van der Waals surface area contributed by atoms with Gasteiger partial charge in [-0.1, -0.05) is 18.2 Å². The lowest BCUT2D eigenvalue weighted by Crippen LogP contribution is -2.00. The zero-order chi connectivity index (χ0) is 14.8. The number of ether oxygens (including phenoxy) is 1. The summed E-state index contributed by atoms with van der Waals surface area (Å²) < 4.78 is 41.3. The Kier molecular flexibility index (Phi) is 4.30. The molecule has 0 aliphatic heterocycles. The highest BCUT2D eigenvalue weighted by Gasteiger charge is 2.12. The summed E-state index contributed by atoms with van der Waals surface area (Å²) in [6.45, 7) is 1.77. The minimum atomic E-state index is -3.76. The number of benzene rings is 2. The van der Waals surface area contributed by atoms with Crippen molar-refractivity contribution in [2.45, 2.75) is 18.4 Å². The fourth-order valence-corrected chi connectivity index (χ4v) is 2.54. The minimum Gasteiger partial charge on any atom is -0.489 e. The van der Waals surface area contributed by atoms with Crippen LogP contribution >= 0.6 is 10.7 Å². The van der Waals surface area contributed by atoms with Crippen molar-refractivity contribution in [3.05, 3.63) is 59.4 Å². The van der Waals surface area contributed by atoms with Gasteiger partial charge in [-0.3, -0.25) is 0 Å². The number of hydrogen-bond donors (Lipinski definition) is 0. The lowest BCUT2D eigenvalue weighted by atomic mass is 10.2. The molecule has 3 nitrogen and oxygen atoms in total. The first kappa shape index (κ1) is 14.8. The van der Waals surface area contributed by atoms with Gasteiger partial charge < -0.3 is 4.74 Å². The van der Waals surface area contributed by atoms with Gasteiger partial charge in [-0.2, -0.15) is 0 Å². The number of halogens is 2. The molecule has 6 heteroatoms. The van der Waals surface area contributed by atoms with Crippen LogP contribution in [0.3, 0.4) is 0 Å². The number of hydrogen-bond acceptors (Lipinski definition) is 3. The maximum absolute atomic E-state index is 13.4. The highest BCUT2D eigenvalue weighted by atomic mass is 35.7. The SMILES string of the molecule is Cc1cc(S(=O)(=O)Cl)ccc1OCc1ccccc1F. The highest BCUT2D eigenvalue weighted by molar-refractivity contribution is 8.13. The summed E-state index contributed by atoms with van der Waals surface area (Å²) in [6.07, 6.45) is 0. The Bertz CT molecular complexity index is 729. The van der Waals surface area contributed by atoms with E-state index >= 15 is 0 Å².